The summed E-state index contributed by atoms with van der Waals surface area (Å²) in [6.07, 6.45) is 1.22. The molecule has 0 atom stereocenters. The van der Waals surface area contributed by atoms with Gasteiger partial charge >= 0.3 is 0 Å². The van der Waals surface area contributed by atoms with Crippen LogP contribution in [0.1, 0.15) is 5.69 Å². The van der Waals surface area contributed by atoms with Crippen molar-refractivity contribution in [3.8, 4) is 0 Å². The molecule has 1 saturated heterocycles. The van der Waals surface area contributed by atoms with Crippen LogP contribution in [0.25, 0.3) is 0 Å². The van der Waals surface area contributed by atoms with E-state index in [1.165, 1.54) is 6.26 Å². The highest BCUT2D eigenvalue weighted by molar-refractivity contribution is 7.90. The third-order valence-corrected chi connectivity index (χ3v) is 3.86. The standard InChI is InChI=1S/C12H20N4O3S/c1-10-9-11(13-3-8-20(2,17)18)15-12(14-10)16-4-6-19-7-5-16/h9H,3-8H2,1-2H3,(H,13,14,15). The van der Waals surface area contributed by atoms with Crippen molar-refractivity contribution in [3.05, 3.63) is 11.8 Å². The first kappa shape index (κ1) is 15.0. The average molecular weight is 300 g/mol. The van der Waals surface area contributed by atoms with Gasteiger partial charge in [0.05, 0.1) is 19.0 Å². The lowest BCUT2D eigenvalue weighted by molar-refractivity contribution is 0.122. The highest BCUT2D eigenvalue weighted by Gasteiger charge is 2.15. The van der Waals surface area contributed by atoms with Gasteiger partial charge in [-0.15, -0.1) is 0 Å². The number of ether oxygens (including phenoxy) is 1. The third-order valence-electron chi connectivity index (χ3n) is 2.92. The molecule has 1 N–H and O–H groups in total. The Bertz CT molecular complexity index is 556. The van der Waals surface area contributed by atoms with Gasteiger partial charge in [0.1, 0.15) is 15.7 Å². The molecule has 0 unspecified atom stereocenters. The van der Waals surface area contributed by atoms with Gasteiger partial charge in [-0.05, 0) is 6.92 Å². The van der Waals surface area contributed by atoms with Crippen LogP contribution in [0.5, 0.6) is 0 Å². The topological polar surface area (TPSA) is 84.4 Å². The maximum atomic E-state index is 11.1. The number of aromatic nitrogens is 2. The second-order valence-electron chi connectivity index (χ2n) is 4.85. The third kappa shape index (κ3) is 4.61. The molecule has 7 nitrogen and oxygen atoms in total. The number of rotatable bonds is 5. The van der Waals surface area contributed by atoms with Gasteiger partial charge in [-0.3, -0.25) is 0 Å². The molecule has 1 aliphatic rings. The zero-order valence-corrected chi connectivity index (χ0v) is 12.6. The lowest BCUT2D eigenvalue weighted by atomic mass is 10.4. The zero-order valence-electron chi connectivity index (χ0n) is 11.8. The number of anilines is 2. The molecule has 1 fully saturated rings. The molecule has 1 aliphatic heterocycles. The molecule has 112 valence electrons. The van der Waals surface area contributed by atoms with Crippen molar-refractivity contribution in [2.45, 2.75) is 6.92 Å². The second-order valence-corrected chi connectivity index (χ2v) is 7.11. The predicted molar refractivity (Wildman–Crippen MR) is 78.0 cm³/mol. The van der Waals surface area contributed by atoms with Gasteiger partial charge in [0.2, 0.25) is 5.95 Å². The average Bonchev–Trinajstić information content (AvgIpc) is 2.37. The number of morpholine rings is 1. The summed E-state index contributed by atoms with van der Waals surface area (Å²) in [7, 11) is -2.97. The number of nitrogens with one attached hydrogen (secondary N) is 1. The molecule has 20 heavy (non-hydrogen) atoms. The van der Waals surface area contributed by atoms with Gasteiger partial charge < -0.3 is 15.0 Å². The Balaban J connectivity index is 2.04. The van der Waals surface area contributed by atoms with Gasteiger partial charge in [0.25, 0.3) is 0 Å². The second kappa shape index (κ2) is 6.36. The van der Waals surface area contributed by atoms with Crippen molar-refractivity contribution >= 4 is 21.6 Å². The first-order chi connectivity index (χ1) is 9.44. The molecule has 0 aromatic carbocycles. The van der Waals surface area contributed by atoms with E-state index in [0.717, 1.165) is 18.8 Å². The maximum Gasteiger partial charge on any atom is 0.227 e. The summed E-state index contributed by atoms with van der Waals surface area (Å²) in [4.78, 5) is 10.9. The van der Waals surface area contributed by atoms with Crippen molar-refractivity contribution in [1.29, 1.82) is 0 Å². The summed E-state index contributed by atoms with van der Waals surface area (Å²) < 4.78 is 27.5. The zero-order chi connectivity index (χ0) is 14.6. The Morgan fingerprint density at radius 3 is 2.70 bits per heavy atom. The molecule has 0 spiro atoms. The van der Waals surface area contributed by atoms with Crippen LogP contribution in [-0.2, 0) is 14.6 Å². The van der Waals surface area contributed by atoms with Crippen LogP contribution < -0.4 is 10.2 Å². The van der Waals surface area contributed by atoms with Crippen LogP contribution in [0.4, 0.5) is 11.8 Å². The van der Waals surface area contributed by atoms with Crippen molar-refractivity contribution < 1.29 is 13.2 Å². The lowest BCUT2D eigenvalue weighted by Crippen LogP contribution is -2.37. The highest BCUT2D eigenvalue weighted by Crippen LogP contribution is 2.14. The van der Waals surface area contributed by atoms with Gasteiger partial charge in [-0.1, -0.05) is 0 Å². The number of aryl methyl sites for hydroxylation is 1. The molecule has 2 heterocycles. The number of sulfone groups is 1. The number of nitrogens with zero attached hydrogens (tertiary/aromatic N) is 3. The lowest BCUT2D eigenvalue weighted by Gasteiger charge is -2.27. The molecule has 0 radical (unpaired) electrons. The SMILES string of the molecule is Cc1cc(NCCS(C)(=O)=O)nc(N2CCOCC2)n1. The van der Waals surface area contributed by atoms with Crippen molar-refractivity contribution in [2.24, 2.45) is 0 Å². The summed E-state index contributed by atoms with van der Waals surface area (Å²) in [5.41, 5.74) is 0.850. The minimum absolute atomic E-state index is 0.0862. The summed E-state index contributed by atoms with van der Waals surface area (Å²) in [5.74, 6) is 1.40. The van der Waals surface area contributed by atoms with Gasteiger partial charge in [-0.2, -0.15) is 4.98 Å². The minimum Gasteiger partial charge on any atom is -0.378 e. The fourth-order valence-electron chi connectivity index (χ4n) is 1.91. The van der Waals surface area contributed by atoms with E-state index in [1.54, 1.807) is 0 Å². The van der Waals surface area contributed by atoms with E-state index < -0.39 is 9.84 Å². The molecular weight excluding hydrogens is 280 g/mol. The van der Waals surface area contributed by atoms with E-state index in [-0.39, 0.29) is 5.75 Å². The predicted octanol–water partition coefficient (Wildman–Crippen LogP) is 0.0781. The molecule has 0 bridgehead atoms. The van der Waals surface area contributed by atoms with Crippen molar-refractivity contribution in [1.82, 2.24) is 9.97 Å². The Morgan fingerprint density at radius 1 is 1.35 bits per heavy atom. The van der Waals surface area contributed by atoms with Crippen LogP contribution in [0.2, 0.25) is 0 Å². The normalized spacial score (nSPS) is 16.2. The smallest absolute Gasteiger partial charge is 0.227 e. The van der Waals surface area contributed by atoms with E-state index in [2.05, 4.69) is 20.2 Å². The first-order valence-corrected chi connectivity index (χ1v) is 8.60. The Kier molecular flexibility index (Phi) is 4.77. The van der Waals surface area contributed by atoms with E-state index in [1.807, 2.05) is 13.0 Å². The molecule has 8 heteroatoms. The van der Waals surface area contributed by atoms with E-state index in [4.69, 9.17) is 4.74 Å². The molecule has 0 aliphatic carbocycles. The number of hydrogen-bond donors (Lipinski definition) is 1. The van der Waals surface area contributed by atoms with E-state index in [0.29, 0.717) is 31.5 Å². The molecule has 0 amide bonds. The highest BCUT2D eigenvalue weighted by atomic mass is 32.2. The van der Waals surface area contributed by atoms with Gasteiger partial charge in [0.15, 0.2) is 0 Å². The summed E-state index contributed by atoms with van der Waals surface area (Å²) in [6, 6.07) is 1.81. The Morgan fingerprint density at radius 2 is 2.05 bits per heavy atom. The minimum atomic E-state index is -2.97. The van der Waals surface area contributed by atoms with Gasteiger partial charge in [0, 0.05) is 37.7 Å². The summed E-state index contributed by atoms with van der Waals surface area (Å²) in [5, 5.41) is 3.03. The van der Waals surface area contributed by atoms with Crippen LogP contribution in [0.3, 0.4) is 0 Å². The maximum absolute atomic E-state index is 11.1. The van der Waals surface area contributed by atoms with Crippen LogP contribution >= 0.6 is 0 Å². The van der Waals surface area contributed by atoms with Crippen LogP contribution in [-0.4, -0.2) is 63.2 Å². The fraction of sp³-hybridized carbons (Fsp3) is 0.667. The van der Waals surface area contributed by atoms with E-state index in [9.17, 15) is 8.42 Å². The Labute approximate surface area is 119 Å². The molecular formula is C12H20N4O3S. The van der Waals surface area contributed by atoms with Crippen molar-refractivity contribution in [3.63, 3.8) is 0 Å². The van der Waals surface area contributed by atoms with E-state index >= 15 is 0 Å². The molecule has 1 aromatic rings. The van der Waals surface area contributed by atoms with Crippen LogP contribution in [0, 0.1) is 6.92 Å². The Hall–Kier alpha value is -1.41. The quantitative estimate of drug-likeness (QED) is 0.824. The molecule has 2 rings (SSSR count). The summed E-state index contributed by atoms with van der Waals surface area (Å²) >= 11 is 0. The summed E-state index contributed by atoms with van der Waals surface area (Å²) in [6.45, 7) is 5.13. The van der Waals surface area contributed by atoms with Gasteiger partial charge in [-0.25, -0.2) is 13.4 Å². The number of hydrogen-bond acceptors (Lipinski definition) is 7. The first-order valence-electron chi connectivity index (χ1n) is 6.54. The molecule has 0 saturated carbocycles. The fourth-order valence-corrected chi connectivity index (χ4v) is 2.39. The molecule has 1 aromatic heterocycles. The largest absolute Gasteiger partial charge is 0.378 e. The van der Waals surface area contributed by atoms with Crippen molar-refractivity contribution in [2.75, 3.05) is 55.1 Å². The monoisotopic (exact) mass is 300 g/mol. The van der Waals surface area contributed by atoms with Crippen LogP contribution in [0.15, 0.2) is 6.07 Å².